The molecule has 1 aliphatic carbocycles. The summed E-state index contributed by atoms with van der Waals surface area (Å²) in [4.78, 5) is 34.0. The Morgan fingerprint density at radius 2 is 1.77 bits per heavy atom. The van der Waals surface area contributed by atoms with Gasteiger partial charge >= 0.3 is 0 Å². The number of nitrogens with one attached hydrogen (secondary N) is 2. The SMILES string of the molecule is CCN(c1cc(C2=CCCOCC2)cc(C(=O)NCc2c(C)cc(C)[nH]c2=O)c1C)C1CCC(N(C)C)CC1. The zero-order valence-electron chi connectivity index (χ0n) is 24.7. The lowest BCUT2D eigenvalue weighted by Crippen LogP contribution is -2.42. The van der Waals surface area contributed by atoms with Crippen LogP contribution < -0.4 is 15.8 Å². The summed E-state index contributed by atoms with van der Waals surface area (Å²) in [5.41, 5.74) is 7.30. The number of carbonyl (C=O) groups is 1. The fourth-order valence-electron chi connectivity index (χ4n) is 6.26. The molecule has 1 aromatic heterocycles. The topological polar surface area (TPSA) is 77.7 Å². The summed E-state index contributed by atoms with van der Waals surface area (Å²) in [5, 5.41) is 3.05. The molecule has 0 bridgehead atoms. The third kappa shape index (κ3) is 6.82. The molecule has 0 spiro atoms. The van der Waals surface area contributed by atoms with Gasteiger partial charge in [-0.05, 0) is 121 Å². The van der Waals surface area contributed by atoms with Crippen molar-refractivity contribution < 1.29 is 9.53 Å². The van der Waals surface area contributed by atoms with Crippen LogP contribution in [0, 0.1) is 20.8 Å². The first kappa shape index (κ1) is 29.1. The predicted molar refractivity (Wildman–Crippen MR) is 160 cm³/mol. The number of hydrogen-bond acceptors (Lipinski definition) is 5. The molecule has 1 amide bonds. The number of aromatic amines is 1. The van der Waals surface area contributed by atoms with Crippen molar-refractivity contribution in [3.63, 3.8) is 0 Å². The summed E-state index contributed by atoms with van der Waals surface area (Å²) in [6.45, 7) is 10.6. The number of hydrogen-bond donors (Lipinski definition) is 2. The van der Waals surface area contributed by atoms with Gasteiger partial charge in [-0.15, -0.1) is 0 Å². The second-order valence-corrected chi connectivity index (χ2v) is 11.4. The Labute approximate surface area is 233 Å². The summed E-state index contributed by atoms with van der Waals surface area (Å²) in [7, 11) is 4.36. The Bertz CT molecular complexity index is 1250. The number of aromatic nitrogens is 1. The summed E-state index contributed by atoms with van der Waals surface area (Å²) in [6, 6.07) is 7.36. The van der Waals surface area contributed by atoms with E-state index >= 15 is 0 Å². The van der Waals surface area contributed by atoms with Gasteiger partial charge in [-0.3, -0.25) is 9.59 Å². The molecular weight excluding hydrogens is 488 g/mol. The van der Waals surface area contributed by atoms with Crippen LogP contribution in [0.1, 0.15) is 83.8 Å². The maximum atomic E-state index is 13.7. The highest BCUT2D eigenvalue weighted by Crippen LogP contribution is 2.35. The van der Waals surface area contributed by atoms with Crippen LogP contribution in [-0.4, -0.2) is 61.7 Å². The van der Waals surface area contributed by atoms with Gasteiger partial charge in [0.1, 0.15) is 0 Å². The van der Waals surface area contributed by atoms with Crippen LogP contribution in [0.25, 0.3) is 5.57 Å². The molecule has 39 heavy (non-hydrogen) atoms. The monoisotopic (exact) mass is 534 g/mol. The van der Waals surface area contributed by atoms with Crippen molar-refractivity contribution in [3.8, 4) is 0 Å². The van der Waals surface area contributed by atoms with Crippen molar-refractivity contribution >= 4 is 17.2 Å². The van der Waals surface area contributed by atoms with Gasteiger partial charge in [0.05, 0.1) is 13.2 Å². The fraction of sp³-hybridized carbons (Fsp3) is 0.562. The quantitative estimate of drug-likeness (QED) is 0.491. The molecule has 1 fully saturated rings. The van der Waals surface area contributed by atoms with Crippen LogP contribution in [-0.2, 0) is 11.3 Å². The highest BCUT2D eigenvalue weighted by molar-refractivity contribution is 5.98. The number of rotatable bonds is 8. The van der Waals surface area contributed by atoms with E-state index in [9.17, 15) is 9.59 Å². The first-order valence-corrected chi connectivity index (χ1v) is 14.5. The molecule has 2 aromatic rings. The van der Waals surface area contributed by atoms with E-state index in [1.165, 1.54) is 18.4 Å². The van der Waals surface area contributed by atoms with Crippen LogP contribution in [0.3, 0.4) is 0 Å². The Kier molecular flexibility index (Phi) is 9.67. The minimum absolute atomic E-state index is 0.145. The number of amides is 1. The molecule has 2 aliphatic rings. The molecule has 1 saturated carbocycles. The lowest BCUT2D eigenvalue weighted by molar-refractivity contribution is 0.0950. The van der Waals surface area contributed by atoms with Crippen molar-refractivity contribution in [2.45, 2.75) is 84.8 Å². The normalized spacial score (nSPS) is 19.9. The Morgan fingerprint density at radius 1 is 1.05 bits per heavy atom. The summed E-state index contributed by atoms with van der Waals surface area (Å²) < 4.78 is 5.71. The van der Waals surface area contributed by atoms with Gasteiger partial charge in [0, 0.05) is 47.7 Å². The highest BCUT2D eigenvalue weighted by Gasteiger charge is 2.28. The number of ether oxygens (including phenoxy) is 1. The maximum Gasteiger partial charge on any atom is 0.253 e. The van der Waals surface area contributed by atoms with E-state index in [0.29, 0.717) is 29.8 Å². The summed E-state index contributed by atoms with van der Waals surface area (Å²) >= 11 is 0. The van der Waals surface area contributed by atoms with Crippen molar-refractivity contribution in [3.05, 3.63) is 68.1 Å². The summed E-state index contributed by atoms with van der Waals surface area (Å²) in [5.74, 6) is -0.146. The zero-order chi connectivity index (χ0) is 28.1. The molecule has 0 radical (unpaired) electrons. The molecule has 2 heterocycles. The third-order valence-electron chi connectivity index (χ3n) is 8.57. The number of anilines is 1. The Hall–Kier alpha value is -2.90. The molecule has 2 N–H and O–H groups in total. The number of nitrogens with zero attached hydrogens (tertiary/aromatic N) is 2. The standard InChI is InChI=1S/C32H46N4O3/c1-7-36(27-12-10-26(11-13-27)35(5)6)30-19-25(24-9-8-15-39-16-14-24)18-28(23(30)4)31(37)33-20-29-21(2)17-22(3)34-32(29)38/h9,17-19,26-27H,7-8,10-16,20H2,1-6H3,(H,33,37)(H,34,38). The van der Waals surface area contributed by atoms with E-state index in [1.807, 2.05) is 26.0 Å². The van der Waals surface area contributed by atoms with Crippen molar-refractivity contribution in [2.75, 3.05) is 38.8 Å². The molecule has 212 valence electrons. The average molecular weight is 535 g/mol. The first-order valence-electron chi connectivity index (χ1n) is 14.5. The minimum Gasteiger partial charge on any atom is -0.381 e. The van der Waals surface area contributed by atoms with E-state index < -0.39 is 0 Å². The van der Waals surface area contributed by atoms with Gasteiger partial charge in [-0.25, -0.2) is 0 Å². The van der Waals surface area contributed by atoms with Crippen LogP contribution in [0.15, 0.2) is 29.1 Å². The van der Waals surface area contributed by atoms with E-state index in [2.05, 4.69) is 60.2 Å². The van der Waals surface area contributed by atoms with Gasteiger partial charge in [0.15, 0.2) is 0 Å². The molecule has 7 nitrogen and oxygen atoms in total. The van der Waals surface area contributed by atoms with Gasteiger partial charge in [-0.2, -0.15) is 0 Å². The number of carbonyl (C=O) groups excluding carboxylic acids is 1. The summed E-state index contributed by atoms with van der Waals surface area (Å²) in [6.07, 6.45) is 8.64. The number of H-pyrrole nitrogens is 1. The molecular formula is C32H46N4O3. The van der Waals surface area contributed by atoms with Crippen molar-refractivity contribution in [1.82, 2.24) is 15.2 Å². The fourth-order valence-corrected chi connectivity index (χ4v) is 6.26. The average Bonchev–Trinajstić information content (AvgIpc) is 3.19. The lowest BCUT2D eigenvalue weighted by atomic mass is 9.88. The van der Waals surface area contributed by atoms with E-state index in [0.717, 1.165) is 66.9 Å². The number of aryl methyl sites for hydroxylation is 2. The zero-order valence-corrected chi connectivity index (χ0v) is 24.7. The van der Waals surface area contributed by atoms with Crippen molar-refractivity contribution in [1.29, 1.82) is 0 Å². The molecule has 1 aromatic carbocycles. The van der Waals surface area contributed by atoms with Crippen LogP contribution in [0.4, 0.5) is 5.69 Å². The van der Waals surface area contributed by atoms with E-state index in [1.54, 1.807) is 0 Å². The minimum atomic E-state index is -0.146. The van der Waals surface area contributed by atoms with E-state index in [-0.39, 0.29) is 18.0 Å². The van der Waals surface area contributed by atoms with Crippen molar-refractivity contribution in [2.24, 2.45) is 0 Å². The van der Waals surface area contributed by atoms with E-state index in [4.69, 9.17) is 4.74 Å². The van der Waals surface area contributed by atoms with Crippen LogP contribution in [0.2, 0.25) is 0 Å². The lowest BCUT2D eigenvalue weighted by Gasteiger charge is -2.40. The first-order chi connectivity index (χ1) is 18.7. The van der Waals surface area contributed by atoms with Gasteiger partial charge in [-0.1, -0.05) is 6.08 Å². The van der Waals surface area contributed by atoms with Crippen LogP contribution >= 0.6 is 0 Å². The Balaban J connectivity index is 1.68. The molecule has 0 unspecified atom stereocenters. The maximum absolute atomic E-state index is 13.7. The highest BCUT2D eigenvalue weighted by atomic mass is 16.5. The Morgan fingerprint density at radius 3 is 2.44 bits per heavy atom. The van der Waals surface area contributed by atoms with Gasteiger partial charge < -0.3 is 24.8 Å². The second kappa shape index (κ2) is 13.0. The predicted octanol–water partition coefficient (Wildman–Crippen LogP) is 5.12. The smallest absolute Gasteiger partial charge is 0.253 e. The molecule has 0 saturated heterocycles. The molecule has 1 aliphatic heterocycles. The largest absolute Gasteiger partial charge is 0.381 e. The molecule has 7 heteroatoms. The number of benzene rings is 1. The molecule has 0 atom stereocenters. The van der Waals surface area contributed by atoms with Gasteiger partial charge in [0.2, 0.25) is 0 Å². The molecule has 4 rings (SSSR count). The third-order valence-corrected chi connectivity index (χ3v) is 8.57. The number of pyridine rings is 1. The van der Waals surface area contributed by atoms with Crippen LogP contribution in [0.5, 0.6) is 0 Å². The van der Waals surface area contributed by atoms with Gasteiger partial charge in [0.25, 0.3) is 11.5 Å². The second-order valence-electron chi connectivity index (χ2n) is 11.4.